The normalized spacial score (nSPS) is 43.8. The van der Waals surface area contributed by atoms with Gasteiger partial charge in [-0.05, 0) is 124 Å². The summed E-state index contributed by atoms with van der Waals surface area (Å²) in [4.78, 5) is 24.1. The fourth-order valence-electron chi connectivity index (χ4n) is 9.71. The van der Waals surface area contributed by atoms with E-state index in [4.69, 9.17) is 9.15 Å². The third-order valence-electron chi connectivity index (χ3n) is 11.9. The van der Waals surface area contributed by atoms with Gasteiger partial charge in [-0.15, -0.1) is 0 Å². The topological polar surface area (TPSA) is 101 Å². The molecule has 0 aromatic carbocycles. The van der Waals surface area contributed by atoms with Crippen LogP contribution in [0.4, 0.5) is 4.79 Å². The molecule has 8 atom stereocenters. The number of carbonyl (C=O) groups is 1. The van der Waals surface area contributed by atoms with Gasteiger partial charge in [0.2, 0.25) is 0 Å². The Hall–Kier alpha value is -1.86. The summed E-state index contributed by atoms with van der Waals surface area (Å²) in [6.07, 6.45) is 12.2. The highest BCUT2D eigenvalue weighted by molar-refractivity contribution is 5.67. The van der Waals surface area contributed by atoms with Gasteiger partial charge in [-0.25, -0.2) is 9.59 Å². The van der Waals surface area contributed by atoms with E-state index in [1.807, 2.05) is 6.07 Å². The largest absolute Gasteiger partial charge is 0.446 e. The van der Waals surface area contributed by atoms with Crippen molar-refractivity contribution in [2.45, 2.75) is 108 Å². The summed E-state index contributed by atoms with van der Waals surface area (Å²) in [5, 5.41) is 18.8. The number of alkyl carbamates (subject to hydrolysis) is 1. The number of piperidine rings is 1. The van der Waals surface area contributed by atoms with E-state index < -0.39 is 5.60 Å². The Morgan fingerprint density at radius 3 is 2.59 bits per heavy atom. The van der Waals surface area contributed by atoms with Gasteiger partial charge in [-0.3, -0.25) is 0 Å². The van der Waals surface area contributed by atoms with Crippen LogP contribution in [0.5, 0.6) is 0 Å². The highest BCUT2D eigenvalue weighted by atomic mass is 16.6. The lowest BCUT2D eigenvalue weighted by atomic mass is 9.43. The van der Waals surface area contributed by atoms with Gasteiger partial charge in [0.05, 0.1) is 11.9 Å². The van der Waals surface area contributed by atoms with Gasteiger partial charge in [-0.2, -0.15) is 0 Å². The Kier molecular flexibility index (Phi) is 6.46. The summed E-state index contributed by atoms with van der Waals surface area (Å²) in [6, 6.07) is 3.64. The van der Waals surface area contributed by atoms with Crippen molar-refractivity contribution < 1.29 is 19.1 Å². The summed E-state index contributed by atoms with van der Waals surface area (Å²) in [5.74, 6) is 1.55. The second kappa shape index (κ2) is 9.41. The van der Waals surface area contributed by atoms with Crippen LogP contribution in [0.15, 0.2) is 27.6 Å². The first-order valence-electron chi connectivity index (χ1n) is 14.7. The molecule has 3 N–H and O–H groups in total. The van der Waals surface area contributed by atoms with Crippen molar-refractivity contribution in [1.82, 2.24) is 10.6 Å². The van der Waals surface area contributed by atoms with Crippen molar-refractivity contribution in [2.24, 2.45) is 28.6 Å². The van der Waals surface area contributed by atoms with E-state index in [9.17, 15) is 14.7 Å². The lowest BCUT2D eigenvalue weighted by molar-refractivity contribution is -0.205. The lowest BCUT2D eigenvalue weighted by Gasteiger charge is -2.63. The van der Waals surface area contributed by atoms with Crippen molar-refractivity contribution in [3.63, 3.8) is 0 Å². The third kappa shape index (κ3) is 4.15. The zero-order valence-corrected chi connectivity index (χ0v) is 22.5. The summed E-state index contributed by atoms with van der Waals surface area (Å²) in [7, 11) is 0. The van der Waals surface area contributed by atoms with Gasteiger partial charge in [0, 0.05) is 17.5 Å². The van der Waals surface area contributed by atoms with Gasteiger partial charge in [-0.1, -0.05) is 13.8 Å². The number of nitrogens with one attached hydrogen (secondary N) is 2. The number of rotatable bonds is 3. The standard InChI is InChI=1S/C30H44N2O5/c1-28-12-7-22(37-27(34)32-21-10-15-31-16-11-21)17-20(28)4-5-25-24(28)8-13-29(2)23(9-14-30(25,29)35)19-3-6-26(33)36-18-19/h3,6,18,20-25,31,35H,4-5,7-17H2,1-2H3,(H,32,34)/t20-,22+,23-,24+,25-,28+,29-,30+/m1/s1. The van der Waals surface area contributed by atoms with Crippen molar-refractivity contribution in [3.8, 4) is 0 Å². The number of amides is 1. The van der Waals surface area contributed by atoms with E-state index in [2.05, 4.69) is 24.5 Å². The lowest BCUT2D eigenvalue weighted by Crippen LogP contribution is -2.62. The minimum atomic E-state index is -0.688. The molecule has 1 aromatic heterocycles. The molecule has 0 radical (unpaired) electrons. The zero-order valence-electron chi connectivity index (χ0n) is 22.5. The molecule has 1 aromatic rings. The molecule has 0 bridgehead atoms. The van der Waals surface area contributed by atoms with Crippen LogP contribution < -0.4 is 16.3 Å². The van der Waals surface area contributed by atoms with Crippen LogP contribution >= 0.6 is 0 Å². The van der Waals surface area contributed by atoms with E-state index >= 15 is 0 Å². The van der Waals surface area contributed by atoms with Crippen LogP contribution in [-0.4, -0.2) is 42.0 Å². The SMILES string of the molecule is C[C@]12CC[C@H](OC(=O)NC3CCNCC3)C[C@H]1CC[C@@H]1[C@@H]2CC[C@]2(C)[C@@H](c3ccc(=O)oc3)CC[C@]12O. The first-order valence-corrected chi connectivity index (χ1v) is 14.7. The second-order valence-electron chi connectivity index (χ2n) is 13.3. The Labute approximate surface area is 220 Å². The van der Waals surface area contributed by atoms with Gasteiger partial charge >= 0.3 is 11.7 Å². The van der Waals surface area contributed by atoms with Gasteiger partial charge in [0.1, 0.15) is 6.10 Å². The maximum Gasteiger partial charge on any atom is 0.407 e. The Balaban J connectivity index is 1.14. The average molecular weight is 513 g/mol. The molecule has 7 heteroatoms. The van der Waals surface area contributed by atoms with Crippen molar-refractivity contribution in [1.29, 1.82) is 0 Å². The molecule has 7 nitrogen and oxygen atoms in total. The number of ether oxygens (including phenoxy) is 1. The Bertz CT molecular complexity index is 1050. The first-order chi connectivity index (χ1) is 17.7. The number of aliphatic hydroxyl groups is 1. The van der Waals surface area contributed by atoms with Gasteiger partial charge in [0.15, 0.2) is 0 Å². The molecule has 6 rings (SSSR count). The van der Waals surface area contributed by atoms with Gasteiger partial charge in [0.25, 0.3) is 0 Å². The summed E-state index contributed by atoms with van der Waals surface area (Å²) in [6.45, 7) is 6.65. The van der Waals surface area contributed by atoms with Crippen molar-refractivity contribution in [3.05, 3.63) is 34.4 Å². The van der Waals surface area contributed by atoms with Crippen molar-refractivity contribution >= 4 is 6.09 Å². The molecule has 0 spiro atoms. The molecule has 204 valence electrons. The predicted octanol–water partition coefficient (Wildman–Crippen LogP) is 4.73. The predicted molar refractivity (Wildman–Crippen MR) is 140 cm³/mol. The molecule has 5 fully saturated rings. The van der Waals surface area contributed by atoms with Crippen LogP contribution in [0.2, 0.25) is 0 Å². The van der Waals surface area contributed by atoms with Gasteiger partial charge < -0.3 is 24.9 Å². The van der Waals surface area contributed by atoms with Crippen LogP contribution in [0, 0.1) is 28.6 Å². The maximum atomic E-state index is 12.6. The second-order valence-corrected chi connectivity index (χ2v) is 13.3. The van der Waals surface area contributed by atoms with Crippen LogP contribution in [-0.2, 0) is 4.74 Å². The average Bonchev–Trinajstić information content (AvgIpc) is 3.16. The van der Waals surface area contributed by atoms with Crippen LogP contribution in [0.1, 0.15) is 96.0 Å². The fraction of sp³-hybridized carbons (Fsp3) is 0.800. The summed E-state index contributed by atoms with van der Waals surface area (Å²) in [5.41, 5.74) is 0.0253. The third-order valence-corrected chi connectivity index (χ3v) is 11.9. The number of fused-ring (bicyclic) bond motifs is 5. The molecular formula is C30H44N2O5. The molecule has 5 aliphatic rings. The molecule has 4 saturated carbocycles. The first kappa shape index (κ1) is 25.4. The van der Waals surface area contributed by atoms with Crippen LogP contribution in [0.25, 0.3) is 0 Å². The van der Waals surface area contributed by atoms with E-state index in [1.165, 1.54) is 6.07 Å². The molecule has 37 heavy (non-hydrogen) atoms. The number of carbonyl (C=O) groups excluding carboxylic acids is 1. The Morgan fingerprint density at radius 2 is 1.84 bits per heavy atom. The monoisotopic (exact) mass is 512 g/mol. The fourth-order valence-corrected chi connectivity index (χ4v) is 9.71. The zero-order chi connectivity index (χ0) is 25.8. The van der Waals surface area contributed by atoms with Crippen molar-refractivity contribution in [2.75, 3.05) is 13.1 Å². The molecule has 0 unspecified atom stereocenters. The minimum absolute atomic E-state index is 0.00289. The van der Waals surface area contributed by atoms with Crippen LogP contribution in [0.3, 0.4) is 0 Å². The number of hydrogen-bond donors (Lipinski definition) is 3. The van der Waals surface area contributed by atoms with E-state index in [1.54, 1.807) is 6.26 Å². The van der Waals surface area contributed by atoms with E-state index in [0.29, 0.717) is 17.8 Å². The Morgan fingerprint density at radius 1 is 1.03 bits per heavy atom. The van der Waals surface area contributed by atoms with E-state index in [-0.39, 0.29) is 40.6 Å². The highest BCUT2D eigenvalue weighted by Crippen LogP contribution is 2.70. The molecule has 1 aliphatic heterocycles. The van der Waals surface area contributed by atoms with E-state index in [0.717, 1.165) is 89.3 Å². The quantitative estimate of drug-likeness (QED) is 0.541. The molecule has 1 saturated heterocycles. The summed E-state index contributed by atoms with van der Waals surface area (Å²) < 4.78 is 11.2. The molecule has 2 heterocycles. The maximum absolute atomic E-state index is 12.6. The molecule has 1 amide bonds. The summed E-state index contributed by atoms with van der Waals surface area (Å²) >= 11 is 0. The minimum Gasteiger partial charge on any atom is -0.446 e. The smallest absolute Gasteiger partial charge is 0.407 e. The molecular weight excluding hydrogens is 468 g/mol. The highest BCUT2D eigenvalue weighted by Gasteiger charge is 2.67. The molecule has 4 aliphatic carbocycles. The number of hydrogen-bond acceptors (Lipinski definition) is 6.